The van der Waals surface area contributed by atoms with Crippen LogP contribution in [0.15, 0.2) is 12.1 Å². The predicted octanol–water partition coefficient (Wildman–Crippen LogP) is 2.13. The molecular formula is C11H13F2NO3. The first-order chi connectivity index (χ1) is 7.95. The van der Waals surface area contributed by atoms with Gasteiger partial charge in [0.15, 0.2) is 11.6 Å². The highest BCUT2D eigenvalue weighted by Gasteiger charge is 2.12. The Morgan fingerprint density at radius 2 is 2.06 bits per heavy atom. The van der Waals surface area contributed by atoms with Gasteiger partial charge in [-0.1, -0.05) is 0 Å². The number of benzene rings is 1. The van der Waals surface area contributed by atoms with Gasteiger partial charge in [0, 0.05) is 19.7 Å². The first kappa shape index (κ1) is 13.2. The first-order valence-corrected chi connectivity index (χ1v) is 4.91. The van der Waals surface area contributed by atoms with E-state index in [4.69, 9.17) is 5.11 Å². The van der Waals surface area contributed by atoms with Gasteiger partial charge in [-0.25, -0.2) is 13.6 Å². The van der Waals surface area contributed by atoms with Gasteiger partial charge >= 0.3 is 6.09 Å². The number of hydrogen-bond donors (Lipinski definition) is 1. The molecule has 0 saturated carbocycles. The van der Waals surface area contributed by atoms with E-state index in [1.165, 1.54) is 14.2 Å². The zero-order valence-corrected chi connectivity index (χ0v) is 9.54. The summed E-state index contributed by atoms with van der Waals surface area (Å²) in [7, 11) is 2.61. The fraction of sp³-hybridized carbons (Fsp3) is 0.364. The Kier molecular flexibility index (Phi) is 4.25. The normalized spacial score (nSPS) is 10.1. The summed E-state index contributed by atoms with van der Waals surface area (Å²) in [6, 6.07) is 1.97. The molecule has 0 atom stereocenters. The minimum absolute atomic E-state index is 0.0953. The molecule has 1 amide bonds. The van der Waals surface area contributed by atoms with Crippen molar-refractivity contribution in [2.24, 2.45) is 0 Å². The molecule has 1 aromatic rings. The van der Waals surface area contributed by atoms with Crippen LogP contribution < -0.4 is 4.74 Å². The quantitative estimate of drug-likeness (QED) is 0.884. The van der Waals surface area contributed by atoms with E-state index in [9.17, 15) is 13.6 Å². The molecule has 0 saturated heterocycles. The van der Waals surface area contributed by atoms with Crippen molar-refractivity contribution < 1.29 is 23.4 Å². The summed E-state index contributed by atoms with van der Waals surface area (Å²) < 4.78 is 31.4. The van der Waals surface area contributed by atoms with Gasteiger partial charge in [0.05, 0.1) is 7.11 Å². The van der Waals surface area contributed by atoms with Crippen LogP contribution in [0.2, 0.25) is 0 Å². The summed E-state index contributed by atoms with van der Waals surface area (Å²) in [4.78, 5) is 11.5. The van der Waals surface area contributed by atoms with Crippen molar-refractivity contribution in [3.05, 3.63) is 29.3 Å². The van der Waals surface area contributed by atoms with Crippen LogP contribution in [0.25, 0.3) is 0 Å². The molecule has 0 radical (unpaired) electrons. The molecule has 94 valence electrons. The lowest BCUT2D eigenvalue weighted by Gasteiger charge is -2.13. The van der Waals surface area contributed by atoms with E-state index in [-0.39, 0.29) is 24.3 Å². The molecule has 17 heavy (non-hydrogen) atoms. The Hall–Kier alpha value is -1.85. The molecule has 0 aliphatic carbocycles. The molecular weight excluding hydrogens is 232 g/mol. The third kappa shape index (κ3) is 3.30. The van der Waals surface area contributed by atoms with Crippen molar-refractivity contribution in [1.29, 1.82) is 0 Å². The minimum Gasteiger partial charge on any atom is -0.494 e. The molecule has 0 aromatic heterocycles. The Balaban J connectivity index is 2.78. The standard InChI is InChI=1S/C11H13F2NO3/c1-14(11(15)16)4-3-7-5-9(13)10(17-2)6-8(7)12/h5-6H,3-4H2,1-2H3,(H,15,16). The second kappa shape index (κ2) is 5.47. The smallest absolute Gasteiger partial charge is 0.407 e. The van der Waals surface area contributed by atoms with E-state index < -0.39 is 17.7 Å². The number of rotatable bonds is 4. The molecule has 0 heterocycles. The molecule has 0 unspecified atom stereocenters. The summed E-state index contributed by atoms with van der Waals surface area (Å²) in [6.07, 6.45) is -1.00. The number of nitrogens with zero attached hydrogens (tertiary/aromatic N) is 1. The second-order valence-corrected chi connectivity index (χ2v) is 3.53. The van der Waals surface area contributed by atoms with Gasteiger partial charge in [0.1, 0.15) is 5.82 Å². The lowest BCUT2D eigenvalue weighted by atomic mass is 10.1. The lowest BCUT2D eigenvalue weighted by molar-refractivity contribution is 0.156. The first-order valence-electron chi connectivity index (χ1n) is 4.91. The van der Waals surface area contributed by atoms with Gasteiger partial charge in [0.2, 0.25) is 0 Å². The maximum Gasteiger partial charge on any atom is 0.407 e. The second-order valence-electron chi connectivity index (χ2n) is 3.53. The van der Waals surface area contributed by atoms with Gasteiger partial charge in [-0.05, 0) is 18.1 Å². The number of methoxy groups -OCH3 is 1. The number of carbonyl (C=O) groups is 1. The summed E-state index contributed by atoms with van der Waals surface area (Å²) in [5.41, 5.74) is 0.122. The van der Waals surface area contributed by atoms with Crippen molar-refractivity contribution in [3.63, 3.8) is 0 Å². The summed E-state index contributed by atoms with van der Waals surface area (Å²) in [6.45, 7) is 0.0953. The van der Waals surface area contributed by atoms with Crippen LogP contribution in [0.5, 0.6) is 5.75 Å². The fourth-order valence-corrected chi connectivity index (χ4v) is 1.30. The van der Waals surface area contributed by atoms with Crippen molar-refractivity contribution in [2.45, 2.75) is 6.42 Å². The van der Waals surface area contributed by atoms with Crippen LogP contribution in [0.1, 0.15) is 5.56 Å². The van der Waals surface area contributed by atoms with Gasteiger partial charge in [-0.15, -0.1) is 0 Å². The van der Waals surface area contributed by atoms with Crippen LogP contribution in [0.4, 0.5) is 13.6 Å². The average Bonchev–Trinajstić information content (AvgIpc) is 2.29. The Morgan fingerprint density at radius 3 is 2.59 bits per heavy atom. The number of halogens is 2. The maximum absolute atomic E-state index is 13.5. The molecule has 0 aliphatic heterocycles. The minimum atomic E-state index is -1.11. The van der Waals surface area contributed by atoms with Crippen molar-refractivity contribution >= 4 is 6.09 Å². The molecule has 1 rings (SSSR count). The zero-order chi connectivity index (χ0) is 13.0. The van der Waals surface area contributed by atoms with Crippen LogP contribution in [-0.4, -0.2) is 36.8 Å². The summed E-state index contributed by atoms with van der Waals surface area (Å²) in [5.74, 6) is -1.44. The highest BCUT2D eigenvalue weighted by Crippen LogP contribution is 2.21. The topological polar surface area (TPSA) is 49.8 Å². The molecule has 1 aromatic carbocycles. The summed E-state index contributed by atoms with van der Waals surface area (Å²) in [5, 5.41) is 8.60. The number of carboxylic acid groups (broad SMARTS) is 1. The van der Waals surface area contributed by atoms with E-state index in [1.54, 1.807) is 0 Å². The van der Waals surface area contributed by atoms with Crippen molar-refractivity contribution in [1.82, 2.24) is 4.90 Å². The molecule has 6 heteroatoms. The van der Waals surface area contributed by atoms with E-state index in [0.717, 1.165) is 17.0 Å². The number of amides is 1. The Bertz CT molecular complexity index is 423. The van der Waals surface area contributed by atoms with Crippen LogP contribution in [0.3, 0.4) is 0 Å². The average molecular weight is 245 g/mol. The van der Waals surface area contributed by atoms with Gasteiger partial charge in [0.25, 0.3) is 0 Å². The van der Waals surface area contributed by atoms with E-state index in [1.807, 2.05) is 0 Å². The van der Waals surface area contributed by atoms with Crippen LogP contribution >= 0.6 is 0 Å². The SMILES string of the molecule is COc1cc(F)c(CCN(C)C(=O)O)cc1F. The number of hydrogen-bond acceptors (Lipinski definition) is 2. The van der Waals surface area contributed by atoms with Gasteiger partial charge < -0.3 is 14.7 Å². The fourth-order valence-electron chi connectivity index (χ4n) is 1.30. The zero-order valence-electron chi connectivity index (χ0n) is 9.54. The maximum atomic E-state index is 13.5. The Labute approximate surface area is 97.4 Å². The third-order valence-electron chi connectivity index (χ3n) is 2.36. The highest BCUT2D eigenvalue weighted by atomic mass is 19.1. The van der Waals surface area contributed by atoms with Crippen LogP contribution in [0, 0.1) is 11.6 Å². The van der Waals surface area contributed by atoms with Crippen LogP contribution in [-0.2, 0) is 6.42 Å². The van der Waals surface area contributed by atoms with Crippen molar-refractivity contribution in [3.8, 4) is 5.75 Å². The van der Waals surface area contributed by atoms with Crippen molar-refractivity contribution in [2.75, 3.05) is 20.7 Å². The molecule has 0 spiro atoms. The largest absolute Gasteiger partial charge is 0.494 e. The molecule has 0 aliphatic rings. The Morgan fingerprint density at radius 1 is 1.41 bits per heavy atom. The molecule has 4 nitrogen and oxygen atoms in total. The van der Waals surface area contributed by atoms with Gasteiger partial charge in [-0.2, -0.15) is 0 Å². The monoisotopic (exact) mass is 245 g/mol. The predicted molar refractivity (Wildman–Crippen MR) is 57.3 cm³/mol. The van der Waals surface area contributed by atoms with E-state index >= 15 is 0 Å². The highest BCUT2D eigenvalue weighted by molar-refractivity contribution is 5.64. The van der Waals surface area contributed by atoms with E-state index in [0.29, 0.717) is 0 Å². The molecule has 0 fully saturated rings. The summed E-state index contributed by atoms with van der Waals surface area (Å²) >= 11 is 0. The molecule has 0 bridgehead atoms. The third-order valence-corrected chi connectivity index (χ3v) is 2.36. The number of ether oxygens (including phenoxy) is 1. The molecule has 1 N–H and O–H groups in total. The van der Waals surface area contributed by atoms with E-state index in [2.05, 4.69) is 4.74 Å². The lowest BCUT2D eigenvalue weighted by Crippen LogP contribution is -2.27. The number of likely N-dealkylation sites (N-methyl/N-ethyl adjacent to an activating group) is 1. The van der Waals surface area contributed by atoms with Gasteiger partial charge in [-0.3, -0.25) is 0 Å².